The third kappa shape index (κ3) is 4.43. The van der Waals surface area contributed by atoms with Crippen LogP contribution < -0.4 is 14.4 Å². The van der Waals surface area contributed by atoms with Crippen LogP contribution in [0, 0.1) is 6.92 Å². The predicted octanol–water partition coefficient (Wildman–Crippen LogP) is 3.35. The number of sulfonamides is 1. The van der Waals surface area contributed by atoms with Gasteiger partial charge in [-0.2, -0.15) is 0 Å². The van der Waals surface area contributed by atoms with Crippen molar-refractivity contribution in [3.63, 3.8) is 0 Å². The van der Waals surface area contributed by atoms with Gasteiger partial charge in [0.15, 0.2) is 0 Å². The molecule has 0 aliphatic rings. The summed E-state index contributed by atoms with van der Waals surface area (Å²) in [5.74, 6) is 0.876. The number of anilines is 1. The van der Waals surface area contributed by atoms with Crippen molar-refractivity contribution in [1.29, 1.82) is 0 Å². The summed E-state index contributed by atoms with van der Waals surface area (Å²) in [7, 11) is -0.819. The molecule has 1 amide bonds. The summed E-state index contributed by atoms with van der Waals surface area (Å²) >= 11 is 0. The van der Waals surface area contributed by atoms with E-state index >= 15 is 0 Å². The van der Waals surface area contributed by atoms with Gasteiger partial charge >= 0.3 is 0 Å². The van der Waals surface area contributed by atoms with Crippen molar-refractivity contribution in [1.82, 2.24) is 5.32 Å². The number of ether oxygens (including phenoxy) is 1. The van der Waals surface area contributed by atoms with Crippen LogP contribution in [0.4, 0.5) is 5.69 Å². The third-order valence-electron chi connectivity index (χ3n) is 4.53. The van der Waals surface area contributed by atoms with Gasteiger partial charge in [-0.3, -0.25) is 9.10 Å². The van der Waals surface area contributed by atoms with E-state index in [-0.39, 0.29) is 17.3 Å². The van der Waals surface area contributed by atoms with Crippen molar-refractivity contribution in [3.05, 3.63) is 77.7 Å². The number of hydrogen-bond donors (Lipinski definition) is 1. The van der Waals surface area contributed by atoms with Crippen LogP contribution in [-0.4, -0.2) is 28.5 Å². The molecule has 1 aromatic heterocycles. The highest BCUT2D eigenvalue weighted by Crippen LogP contribution is 2.27. The van der Waals surface area contributed by atoms with Gasteiger partial charge in [0, 0.05) is 12.6 Å². The Morgan fingerprint density at radius 2 is 1.86 bits per heavy atom. The number of methoxy groups -OCH3 is 1. The molecule has 29 heavy (non-hydrogen) atoms. The standard InChI is InChI=1S/C21H22N2O5S/c1-15-6-7-16(21(24)22-14-18-5-4-12-28-18)13-20(15)23(2)29(25,26)19-10-8-17(27-3)9-11-19/h4-13H,14H2,1-3H3,(H,22,24). The van der Waals surface area contributed by atoms with E-state index in [1.165, 1.54) is 36.9 Å². The first-order valence-corrected chi connectivity index (χ1v) is 10.3. The maximum atomic E-state index is 13.0. The zero-order valence-corrected chi connectivity index (χ0v) is 17.2. The topological polar surface area (TPSA) is 88.9 Å². The Hall–Kier alpha value is -3.26. The molecular formula is C21H22N2O5S. The second-order valence-electron chi connectivity index (χ2n) is 6.41. The van der Waals surface area contributed by atoms with Crippen molar-refractivity contribution in [2.45, 2.75) is 18.4 Å². The average Bonchev–Trinajstić information content (AvgIpc) is 3.25. The first-order valence-electron chi connectivity index (χ1n) is 8.87. The third-order valence-corrected chi connectivity index (χ3v) is 6.32. The number of carbonyl (C=O) groups excluding carboxylic acids is 1. The zero-order chi connectivity index (χ0) is 21.0. The number of benzene rings is 2. The van der Waals surface area contributed by atoms with E-state index in [4.69, 9.17) is 9.15 Å². The van der Waals surface area contributed by atoms with Gasteiger partial charge in [0.1, 0.15) is 11.5 Å². The molecule has 152 valence electrons. The minimum atomic E-state index is -3.80. The Morgan fingerprint density at radius 1 is 1.14 bits per heavy atom. The minimum absolute atomic E-state index is 0.132. The lowest BCUT2D eigenvalue weighted by Gasteiger charge is -2.22. The van der Waals surface area contributed by atoms with Crippen molar-refractivity contribution in [2.75, 3.05) is 18.5 Å². The van der Waals surface area contributed by atoms with Gasteiger partial charge in [0.05, 0.1) is 30.5 Å². The van der Waals surface area contributed by atoms with Gasteiger partial charge in [0.2, 0.25) is 0 Å². The largest absolute Gasteiger partial charge is 0.497 e. The molecule has 1 heterocycles. The van der Waals surface area contributed by atoms with Crippen LogP contribution >= 0.6 is 0 Å². The summed E-state index contributed by atoms with van der Waals surface area (Å²) in [6.45, 7) is 2.04. The first kappa shape index (κ1) is 20.5. The number of nitrogens with one attached hydrogen (secondary N) is 1. The van der Waals surface area contributed by atoms with E-state index in [0.29, 0.717) is 22.8 Å². The van der Waals surface area contributed by atoms with Crippen LogP contribution in [0.25, 0.3) is 0 Å². The fourth-order valence-corrected chi connectivity index (χ4v) is 4.06. The quantitative estimate of drug-likeness (QED) is 0.640. The second-order valence-corrected chi connectivity index (χ2v) is 8.38. The molecule has 8 heteroatoms. The molecule has 0 saturated carbocycles. The summed E-state index contributed by atoms with van der Waals surface area (Å²) < 4.78 is 37.5. The van der Waals surface area contributed by atoms with Crippen LogP contribution in [0.3, 0.4) is 0 Å². The van der Waals surface area contributed by atoms with E-state index in [9.17, 15) is 13.2 Å². The van der Waals surface area contributed by atoms with Crippen molar-refractivity contribution in [2.24, 2.45) is 0 Å². The predicted molar refractivity (Wildman–Crippen MR) is 110 cm³/mol. The van der Waals surface area contributed by atoms with Crippen LogP contribution in [-0.2, 0) is 16.6 Å². The number of rotatable bonds is 7. The zero-order valence-electron chi connectivity index (χ0n) is 16.4. The molecule has 0 unspecified atom stereocenters. The Balaban J connectivity index is 1.84. The van der Waals surface area contributed by atoms with Crippen LogP contribution in [0.1, 0.15) is 21.7 Å². The van der Waals surface area contributed by atoms with E-state index in [0.717, 1.165) is 5.56 Å². The Labute approximate surface area is 170 Å². The highest BCUT2D eigenvalue weighted by atomic mass is 32.2. The van der Waals surface area contributed by atoms with Crippen molar-refractivity contribution < 1.29 is 22.4 Å². The highest BCUT2D eigenvalue weighted by molar-refractivity contribution is 7.92. The molecule has 7 nitrogen and oxygen atoms in total. The maximum absolute atomic E-state index is 13.0. The minimum Gasteiger partial charge on any atom is -0.497 e. The number of carbonyl (C=O) groups is 1. The van der Waals surface area contributed by atoms with Crippen molar-refractivity contribution in [3.8, 4) is 5.75 Å². The second kappa shape index (κ2) is 8.40. The Morgan fingerprint density at radius 3 is 2.48 bits per heavy atom. The lowest BCUT2D eigenvalue weighted by molar-refractivity contribution is 0.0948. The molecule has 0 bridgehead atoms. The van der Waals surface area contributed by atoms with E-state index in [1.54, 1.807) is 49.4 Å². The summed E-state index contributed by atoms with van der Waals surface area (Å²) in [4.78, 5) is 12.6. The molecule has 0 fully saturated rings. The molecule has 3 rings (SSSR count). The smallest absolute Gasteiger partial charge is 0.264 e. The lowest BCUT2D eigenvalue weighted by Crippen LogP contribution is -2.28. The van der Waals surface area contributed by atoms with Crippen molar-refractivity contribution >= 4 is 21.6 Å². The number of nitrogens with zero attached hydrogens (tertiary/aromatic N) is 1. The SMILES string of the molecule is COc1ccc(S(=O)(=O)N(C)c2cc(C(=O)NCc3ccco3)ccc2C)cc1. The fourth-order valence-electron chi connectivity index (χ4n) is 2.81. The molecule has 0 aliphatic heterocycles. The maximum Gasteiger partial charge on any atom is 0.264 e. The molecule has 0 radical (unpaired) electrons. The Kier molecular flexibility index (Phi) is 5.93. The van der Waals surface area contributed by atoms with E-state index in [1.807, 2.05) is 0 Å². The molecule has 0 spiro atoms. The number of hydrogen-bond acceptors (Lipinski definition) is 5. The summed E-state index contributed by atoms with van der Waals surface area (Å²) in [6.07, 6.45) is 1.53. The average molecular weight is 414 g/mol. The molecule has 0 aliphatic carbocycles. The monoisotopic (exact) mass is 414 g/mol. The molecule has 0 saturated heterocycles. The number of amides is 1. The molecule has 0 atom stereocenters. The van der Waals surface area contributed by atoms with E-state index in [2.05, 4.69) is 5.32 Å². The summed E-state index contributed by atoms with van der Waals surface area (Å²) in [5.41, 5.74) is 1.51. The van der Waals surface area contributed by atoms with Gasteiger partial charge in [-0.05, 0) is 61.0 Å². The van der Waals surface area contributed by atoms with Crippen LogP contribution in [0.5, 0.6) is 5.75 Å². The van der Waals surface area contributed by atoms with Gasteiger partial charge in [0.25, 0.3) is 15.9 Å². The van der Waals surface area contributed by atoms with Gasteiger partial charge in [-0.25, -0.2) is 8.42 Å². The molecular weight excluding hydrogens is 392 g/mol. The van der Waals surface area contributed by atoms with Gasteiger partial charge < -0.3 is 14.5 Å². The van der Waals surface area contributed by atoms with E-state index < -0.39 is 10.0 Å². The number of furan rings is 1. The van der Waals surface area contributed by atoms with Gasteiger partial charge in [-0.15, -0.1) is 0 Å². The summed E-state index contributed by atoms with van der Waals surface area (Å²) in [5, 5.41) is 2.76. The van der Waals surface area contributed by atoms with Crippen LogP contribution in [0.15, 0.2) is 70.2 Å². The lowest BCUT2D eigenvalue weighted by atomic mass is 10.1. The first-order chi connectivity index (χ1) is 13.8. The van der Waals surface area contributed by atoms with Crippen LogP contribution in [0.2, 0.25) is 0 Å². The fraction of sp³-hybridized carbons (Fsp3) is 0.190. The normalized spacial score (nSPS) is 11.1. The molecule has 3 aromatic rings. The highest BCUT2D eigenvalue weighted by Gasteiger charge is 2.23. The summed E-state index contributed by atoms with van der Waals surface area (Å²) in [6, 6.07) is 14.6. The molecule has 1 N–H and O–H groups in total. The Bertz CT molecular complexity index is 1090. The van der Waals surface area contributed by atoms with Gasteiger partial charge in [-0.1, -0.05) is 6.07 Å². The molecule has 2 aromatic carbocycles. The number of aryl methyl sites for hydroxylation is 1.